The molecule has 6 heteroatoms. The second-order valence-corrected chi connectivity index (χ2v) is 7.23. The lowest BCUT2D eigenvalue weighted by molar-refractivity contribution is 0.368. The van der Waals surface area contributed by atoms with Gasteiger partial charge in [0, 0.05) is 6.04 Å². The lowest BCUT2D eigenvalue weighted by Gasteiger charge is -2.21. The molecular weight excluding hydrogens is 279 g/mol. The quantitative estimate of drug-likeness (QED) is 0.839. The first-order valence-corrected chi connectivity index (χ1v) is 8.40. The topological polar surface area (TPSA) is 72.2 Å². The molecule has 0 amide bonds. The van der Waals surface area contributed by atoms with Gasteiger partial charge in [-0.25, -0.2) is 17.5 Å². The van der Waals surface area contributed by atoms with Crippen molar-refractivity contribution in [3.05, 3.63) is 24.0 Å². The molecule has 0 aromatic heterocycles. The Morgan fingerprint density at radius 2 is 2.10 bits per heavy atom. The van der Waals surface area contributed by atoms with Gasteiger partial charge in [0.1, 0.15) is 5.82 Å². The lowest BCUT2D eigenvalue weighted by atomic mass is 9.94. The maximum absolute atomic E-state index is 13.4. The van der Waals surface area contributed by atoms with E-state index < -0.39 is 15.8 Å². The van der Waals surface area contributed by atoms with E-state index in [2.05, 4.69) is 18.6 Å². The minimum atomic E-state index is -3.69. The highest BCUT2D eigenvalue weighted by Gasteiger charge is 2.34. The van der Waals surface area contributed by atoms with Crippen LogP contribution in [0.25, 0.3) is 0 Å². The maximum Gasteiger partial charge on any atom is 0.240 e. The highest BCUT2D eigenvalue weighted by atomic mass is 32.2. The molecule has 0 aliphatic heterocycles. The molecule has 4 nitrogen and oxygen atoms in total. The van der Waals surface area contributed by atoms with Gasteiger partial charge in [-0.05, 0) is 42.9 Å². The second-order valence-electron chi connectivity index (χ2n) is 5.52. The first-order chi connectivity index (χ1) is 9.35. The van der Waals surface area contributed by atoms with Gasteiger partial charge in [0.25, 0.3) is 0 Å². The molecule has 1 aromatic rings. The summed E-state index contributed by atoms with van der Waals surface area (Å²) >= 11 is 0. The SMILES string of the molecule is CCC1CCC(NS(=O)(=O)c2ccc(N)c(F)c2)C1C. The number of rotatable bonds is 4. The predicted molar refractivity (Wildman–Crippen MR) is 77.1 cm³/mol. The molecule has 1 aliphatic rings. The fourth-order valence-electron chi connectivity index (χ4n) is 2.93. The molecule has 0 heterocycles. The van der Waals surface area contributed by atoms with E-state index in [-0.39, 0.29) is 16.6 Å². The van der Waals surface area contributed by atoms with Crippen molar-refractivity contribution >= 4 is 15.7 Å². The Bertz CT molecular complexity index is 589. The van der Waals surface area contributed by atoms with Crippen LogP contribution in [0.1, 0.15) is 33.1 Å². The van der Waals surface area contributed by atoms with Crippen molar-refractivity contribution in [1.82, 2.24) is 4.72 Å². The van der Waals surface area contributed by atoms with Crippen LogP contribution in [0.15, 0.2) is 23.1 Å². The fraction of sp³-hybridized carbons (Fsp3) is 0.571. The Morgan fingerprint density at radius 1 is 1.40 bits per heavy atom. The molecule has 0 spiro atoms. The number of hydrogen-bond donors (Lipinski definition) is 2. The summed E-state index contributed by atoms with van der Waals surface area (Å²) in [6.07, 6.45) is 2.91. The highest BCUT2D eigenvalue weighted by molar-refractivity contribution is 7.89. The van der Waals surface area contributed by atoms with E-state index in [9.17, 15) is 12.8 Å². The molecule has 1 fully saturated rings. The highest BCUT2D eigenvalue weighted by Crippen LogP contribution is 2.34. The van der Waals surface area contributed by atoms with Crippen LogP contribution in [0.2, 0.25) is 0 Å². The van der Waals surface area contributed by atoms with E-state index in [1.54, 1.807) is 0 Å². The summed E-state index contributed by atoms with van der Waals surface area (Å²) in [5.41, 5.74) is 5.31. The van der Waals surface area contributed by atoms with E-state index in [0.29, 0.717) is 11.8 Å². The summed E-state index contributed by atoms with van der Waals surface area (Å²) < 4.78 is 40.6. The van der Waals surface area contributed by atoms with Crippen molar-refractivity contribution in [2.75, 3.05) is 5.73 Å². The third kappa shape index (κ3) is 2.96. The smallest absolute Gasteiger partial charge is 0.240 e. The van der Waals surface area contributed by atoms with Gasteiger partial charge in [-0.3, -0.25) is 0 Å². The van der Waals surface area contributed by atoms with Crippen LogP contribution < -0.4 is 10.5 Å². The number of benzene rings is 1. The molecule has 3 N–H and O–H groups in total. The number of anilines is 1. The molecule has 112 valence electrons. The minimum Gasteiger partial charge on any atom is -0.396 e. The molecular formula is C14H21FN2O2S. The van der Waals surface area contributed by atoms with Crippen molar-refractivity contribution in [3.8, 4) is 0 Å². The molecule has 2 rings (SSSR count). The Labute approximate surface area is 119 Å². The average Bonchev–Trinajstić information content (AvgIpc) is 2.73. The second kappa shape index (κ2) is 5.69. The van der Waals surface area contributed by atoms with Crippen LogP contribution in [0, 0.1) is 17.7 Å². The first-order valence-electron chi connectivity index (χ1n) is 6.92. The van der Waals surface area contributed by atoms with Crippen molar-refractivity contribution in [2.24, 2.45) is 11.8 Å². The van der Waals surface area contributed by atoms with Gasteiger partial charge in [0.05, 0.1) is 10.6 Å². The number of halogens is 1. The van der Waals surface area contributed by atoms with Gasteiger partial charge in [0.2, 0.25) is 10.0 Å². The number of sulfonamides is 1. The van der Waals surface area contributed by atoms with Crippen LogP contribution in [-0.4, -0.2) is 14.5 Å². The first kappa shape index (κ1) is 15.3. The molecule has 20 heavy (non-hydrogen) atoms. The largest absolute Gasteiger partial charge is 0.396 e. The van der Waals surface area contributed by atoms with Gasteiger partial charge in [-0.2, -0.15) is 0 Å². The monoisotopic (exact) mass is 300 g/mol. The van der Waals surface area contributed by atoms with E-state index in [1.807, 2.05) is 0 Å². The van der Waals surface area contributed by atoms with Crippen LogP contribution in [0.5, 0.6) is 0 Å². The van der Waals surface area contributed by atoms with Crippen LogP contribution in [0.4, 0.5) is 10.1 Å². The van der Waals surface area contributed by atoms with Crippen molar-refractivity contribution < 1.29 is 12.8 Å². The zero-order valence-electron chi connectivity index (χ0n) is 11.8. The van der Waals surface area contributed by atoms with Crippen LogP contribution >= 0.6 is 0 Å². The van der Waals surface area contributed by atoms with Crippen LogP contribution in [-0.2, 0) is 10.0 Å². The molecule has 0 saturated heterocycles. The summed E-state index contributed by atoms with van der Waals surface area (Å²) in [7, 11) is -3.69. The zero-order chi connectivity index (χ0) is 14.9. The summed E-state index contributed by atoms with van der Waals surface area (Å²) in [5.74, 6) is 0.137. The summed E-state index contributed by atoms with van der Waals surface area (Å²) in [6.45, 7) is 4.19. The Morgan fingerprint density at radius 3 is 2.65 bits per heavy atom. The van der Waals surface area contributed by atoms with Gasteiger partial charge in [0.15, 0.2) is 0 Å². The van der Waals surface area contributed by atoms with Crippen molar-refractivity contribution in [2.45, 2.75) is 44.0 Å². The van der Waals surface area contributed by atoms with Crippen molar-refractivity contribution in [3.63, 3.8) is 0 Å². The third-order valence-corrected chi connectivity index (χ3v) is 5.83. The standard InChI is InChI=1S/C14H21FN2O2S/c1-3-10-4-7-14(9(10)2)17-20(18,19)11-5-6-13(16)12(15)8-11/h5-6,8-10,14,17H,3-4,7,16H2,1-2H3. The van der Waals surface area contributed by atoms with Crippen LogP contribution in [0.3, 0.4) is 0 Å². The summed E-state index contributed by atoms with van der Waals surface area (Å²) in [4.78, 5) is -0.0728. The average molecular weight is 300 g/mol. The maximum atomic E-state index is 13.4. The van der Waals surface area contributed by atoms with E-state index in [4.69, 9.17) is 5.73 Å². The molecule has 0 bridgehead atoms. The fourth-order valence-corrected chi connectivity index (χ4v) is 4.31. The van der Waals surface area contributed by atoms with Gasteiger partial charge >= 0.3 is 0 Å². The van der Waals surface area contributed by atoms with E-state index in [0.717, 1.165) is 25.3 Å². The Hall–Kier alpha value is -1.14. The summed E-state index contributed by atoms with van der Waals surface area (Å²) in [6, 6.07) is 3.49. The van der Waals surface area contributed by atoms with E-state index in [1.165, 1.54) is 12.1 Å². The predicted octanol–water partition coefficient (Wildman–Crippen LogP) is 2.51. The zero-order valence-corrected chi connectivity index (χ0v) is 12.6. The summed E-state index contributed by atoms with van der Waals surface area (Å²) in [5, 5.41) is 0. The third-order valence-electron chi connectivity index (χ3n) is 4.34. The molecule has 1 saturated carbocycles. The Kier molecular flexibility index (Phi) is 4.34. The van der Waals surface area contributed by atoms with E-state index >= 15 is 0 Å². The van der Waals surface area contributed by atoms with Gasteiger partial charge in [-0.15, -0.1) is 0 Å². The Balaban J connectivity index is 2.17. The van der Waals surface area contributed by atoms with Gasteiger partial charge in [-0.1, -0.05) is 20.3 Å². The normalized spacial score (nSPS) is 26.9. The van der Waals surface area contributed by atoms with Crippen molar-refractivity contribution in [1.29, 1.82) is 0 Å². The molecule has 0 radical (unpaired) electrons. The molecule has 3 unspecified atom stereocenters. The number of nitrogen functional groups attached to an aromatic ring is 1. The lowest BCUT2D eigenvalue weighted by Crippen LogP contribution is -2.37. The number of nitrogens with two attached hydrogens (primary N) is 1. The van der Waals surface area contributed by atoms with Gasteiger partial charge < -0.3 is 5.73 Å². The molecule has 1 aromatic carbocycles. The molecule has 3 atom stereocenters. The number of nitrogens with one attached hydrogen (secondary N) is 1. The molecule has 1 aliphatic carbocycles. The number of hydrogen-bond acceptors (Lipinski definition) is 3. The minimum absolute atomic E-state index is 0.0516.